The first-order valence-corrected chi connectivity index (χ1v) is 6.20. The van der Waals surface area contributed by atoms with Crippen molar-refractivity contribution in [2.75, 3.05) is 13.1 Å². The lowest BCUT2D eigenvalue weighted by Crippen LogP contribution is -2.63. The van der Waals surface area contributed by atoms with Crippen LogP contribution in [0.25, 0.3) is 0 Å². The minimum absolute atomic E-state index is 0.0457. The average molecular weight is 285 g/mol. The van der Waals surface area contributed by atoms with Crippen LogP contribution in [0.3, 0.4) is 0 Å². The zero-order valence-electron chi connectivity index (χ0n) is 10.3. The molecular weight excluding hydrogens is 272 g/mol. The van der Waals surface area contributed by atoms with Gasteiger partial charge in [0.15, 0.2) is 0 Å². The van der Waals surface area contributed by atoms with Crippen molar-refractivity contribution in [3.8, 4) is 0 Å². The topological polar surface area (TPSA) is 83.7 Å². The number of nitro groups is 1. The van der Waals surface area contributed by atoms with Crippen LogP contribution in [0.2, 0.25) is 5.02 Å². The molecule has 0 aromatic heterocycles. The number of hydrogen-bond acceptors (Lipinski definition) is 4. The van der Waals surface area contributed by atoms with Gasteiger partial charge in [-0.05, 0) is 18.6 Å². The van der Waals surface area contributed by atoms with E-state index < -0.39 is 16.4 Å². The smallest absolute Gasteiger partial charge is 0.300 e. The molecule has 1 fully saturated rings. The standard InChI is InChI=1S/C12H13ClN2O4/c1-2-12(17)6-14(7-12)11(16)8-4-3-5-9(13)10(8)15(18)19/h3-5,17H,2,6-7H2,1H3. The van der Waals surface area contributed by atoms with Gasteiger partial charge in [-0.15, -0.1) is 0 Å². The van der Waals surface area contributed by atoms with Crippen molar-refractivity contribution in [3.63, 3.8) is 0 Å². The zero-order chi connectivity index (χ0) is 14.2. The van der Waals surface area contributed by atoms with Gasteiger partial charge in [0.2, 0.25) is 0 Å². The summed E-state index contributed by atoms with van der Waals surface area (Å²) in [6, 6.07) is 4.24. The molecule has 0 unspecified atom stereocenters. The number of likely N-dealkylation sites (tertiary alicyclic amines) is 1. The van der Waals surface area contributed by atoms with E-state index in [4.69, 9.17) is 11.6 Å². The van der Waals surface area contributed by atoms with E-state index in [2.05, 4.69) is 0 Å². The minimum Gasteiger partial charge on any atom is -0.386 e. The van der Waals surface area contributed by atoms with Gasteiger partial charge in [-0.3, -0.25) is 14.9 Å². The number of para-hydroxylation sites is 1. The molecule has 0 radical (unpaired) electrons. The molecule has 1 N–H and O–H groups in total. The van der Waals surface area contributed by atoms with Gasteiger partial charge in [-0.1, -0.05) is 24.6 Å². The molecule has 0 saturated carbocycles. The second-order valence-electron chi connectivity index (χ2n) is 4.63. The Balaban J connectivity index is 2.27. The largest absolute Gasteiger partial charge is 0.386 e. The van der Waals surface area contributed by atoms with Crippen molar-refractivity contribution in [2.45, 2.75) is 18.9 Å². The van der Waals surface area contributed by atoms with E-state index in [-0.39, 0.29) is 29.4 Å². The van der Waals surface area contributed by atoms with Crippen LogP contribution < -0.4 is 0 Å². The third kappa shape index (κ3) is 2.41. The van der Waals surface area contributed by atoms with E-state index >= 15 is 0 Å². The van der Waals surface area contributed by atoms with Crippen molar-refractivity contribution < 1.29 is 14.8 Å². The van der Waals surface area contributed by atoms with E-state index in [0.29, 0.717) is 6.42 Å². The molecule has 0 atom stereocenters. The molecule has 1 heterocycles. The van der Waals surface area contributed by atoms with Gasteiger partial charge in [-0.2, -0.15) is 0 Å². The Morgan fingerprint density at radius 1 is 1.58 bits per heavy atom. The van der Waals surface area contributed by atoms with Crippen molar-refractivity contribution in [3.05, 3.63) is 38.9 Å². The van der Waals surface area contributed by atoms with Gasteiger partial charge >= 0.3 is 5.69 Å². The van der Waals surface area contributed by atoms with E-state index in [1.165, 1.54) is 23.1 Å². The summed E-state index contributed by atoms with van der Waals surface area (Å²) in [5, 5.41) is 20.8. The average Bonchev–Trinajstić information content (AvgIpc) is 2.33. The molecule has 1 saturated heterocycles. The highest BCUT2D eigenvalue weighted by Crippen LogP contribution is 2.32. The summed E-state index contributed by atoms with van der Waals surface area (Å²) < 4.78 is 0. The van der Waals surface area contributed by atoms with Crippen molar-refractivity contribution >= 4 is 23.2 Å². The fourth-order valence-corrected chi connectivity index (χ4v) is 2.32. The Bertz CT molecular complexity index is 541. The zero-order valence-corrected chi connectivity index (χ0v) is 11.1. The van der Waals surface area contributed by atoms with Gasteiger partial charge in [0.05, 0.1) is 23.6 Å². The number of amides is 1. The Kier molecular flexibility index (Phi) is 3.47. The molecule has 19 heavy (non-hydrogen) atoms. The van der Waals surface area contributed by atoms with Crippen LogP contribution in [0, 0.1) is 10.1 Å². The molecule has 1 aromatic carbocycles. The fourth-order valence-electron chi connectivity index (χ4n) is 2.08. The summed E-state index contributed by atoms with van der Waals surface area (Å²) >= 11 is 5.76. The van der Waals surface area contributed by atoms with Crippen molar-refractivity contribution in [1.82, 2.24) is 4.90 Å². The summed E-state index contributed by atoms with van der Waals surface area (Å²) in [6.07, 6.45) is 0.536. The van der Waals surface area contributed by atoms with E-state index in [1.54, 1.807) is 0 Å². The second-order valence-corrected chi connectivity index (χ2v) is 5.04. The number of hydrogen-bond donors (Lipinski definition) is 1. The SMILES string of the molecule is CCC1(O)CN(C(=O)c2cccc(Cl)c2[N+](=O)[O-])C1. The maximum atomic E-state index is 12.2. The Morgan fingerprint density at radius 3 is 2.74 bits per heavy atom. The highest BCUT2D eigenvalue weighted by atomic mass is 35.5. The Labute approximate surface area is 114 Å². The number of β-amino-alcohol motifs (C(OH)–C–C–N with tert-alkyl or cyclic N) is 1. The summed E-state index contributed by atoms with van der Waals surface area (Å²) in [5.41, 5.74) is -1.31. The van der Waals surface area contributed by atoms with Gasteiger partial charge in [0, 0.05) is 0 Å². The van der Waals surface area contributed by atoms with Crippen LogP contribution in [0.5, 0.6) is 0 Å². The van der Waals surface area contributed by atoms with Crippen LogP contribution in [0.15, 0.2) is 18.2 Å². The molecular formula is C12H13ClN2O4. The highest BCUT2D eigenvalue weighted by molar-refractivity contribution is 6.33. The summed E-state index contributed by atoms with van der Waals surface area (Å²) in [6.45, 7) is 2.20. The summed E-state index contributed by atoms with van der Waals surface area (Å²) in [4.78, 5) is 23.8. The molecule has 7 heteroatoms. The molecule has 1 amide bonds. The molecule has 1 aliphatic rings. The number of halogens is 1. The predicted molar refractivity (Wildman–Crippen MR) is 69.3 cm³/mol. The lowest BCUT2D eigenvalue weighted by atomic mass is 9.90. The molecule has 0 spiro atoms. The first-order valence-electron chi connectivity index (χ1n) is 5.82. The van der Waals surface area contributed by atoms with Crippen LogP contribution in [-0.2, 0) is 0 Å². The number of rotatable bonds is 3. The second kappa shape index (κ2) is 4.79. The molecule has 102 valence electrons. The highest BCUT2D eigenvalue weighted by Gasteiger charge is 2.43. The maximum Gasteiger partial charge on any atom is 0.300 e. The number of aliphatic hydroxyl groups is 1. The van der Waals surface area contributed by atoms with Crippen LogP contribution in [0.4, 0.5) is 5.69 Å². The maximum absolute atomic E-state index is 12.2. The first-order chi connectivity index (χ1) is 8.88. The molecule has 0 aliphatic carbocycles. The summed E-state index contributed by atoms with van der Waals surface area (Å²) in [7, 11) is 0. The molecule has 1 aliphatic heterocycles. The van der Waals surface area contributed by atoms with Gasteiger partial charge in [0.1, 0.15) is 10.6 Å². The quantitative estimate of drug-likeness (QED) is 0.678. The van der Waals surface area contributed by atoms with E-state index in [1.807, 2.05) is 6.92 Å². The monoisotopic (exact) mass is 284 g/mol. The van der Waals surface area contributed by atoms with Gasteiger partial charge in [-0.25, -0.2) is 0 Å². The minimum atomic E-state index is -0.872. The number of benzene rings is 1. The third-order valence-electron chi connectivity index (χ3n) is 3.32. The number of carbonyl (C=O) groups excluding carboxylic acids is 1. The van der Waals surface area contributed by atoms with Gasteiger partial charge < -0.3 is 10.0 Å². The van der Waals surface area contributed by atoms with Crippen molar-refractivity contribution in [1.29, 1.82) is 0 Å². The molecule has 2 rings (SSSR count). The predicted octanol–water partition coefficient (Wildman–Crippen LogP) is 1.85. The number of carbonyl (C=O) groups is 1. The first kappa shape index (κ1) is 13.8. The normalized spacial score (nSPS) is 16.9. The Morgan fingerprint density at radius 2 is 2.21 bits per heavy atom. The van der Waals surface area contributed by atoms with Gasteiger partial charge in [0.25, 0.3) is 5.91 Å². The molecule has 1 aromatic rings. The fraction of sp³-hybridized carbons (Fsp3) is 0.417. The lowest BCUT2D eigenvalue weighted by molar-refractivity contribution is -0.385. The lowest BCUT2D eigenvalue weighted by Gasteiger charge is -2.46. The van der Waals surface area contributed by atoms with E-state index in [9.17, 15) is 20.0 Å². The van der Waals surface area contributed by atoms with E-state index in [0.717, 1.165) is 0 Å². The van der Waals surface area contributed by atoms with Crippen LogP contribution in [0.1, 0.15) is 23.7 Å². The van der Waals surface area contributed by atoms with Crippen LogP contribution in [-0.4, -0.2) is 39.5 Å². The third-order valence-corrected chi connectivity index (χ3v) is 3.62. The summed E-state index contributed by atoms with van der Waals surface area (Å²) in [5.74, 6) is -0.479. The molecule has 0 bridgehead atoms. The number of nitrogens with zero attached hydrogens (tertiary/aromatic N) is 2. The van der Waals surface area contributed by atoms with Crippen molar-refractivity contribution in [2.24, 2.45) is 0 Å². The van der Waals surface area contributed by atoms with Crippen LogP contribution >= 0.6 is 11.6 Å². The molecule has 6 nitrogen and oxygen atoms in total. The number of nitro benzene ring substituents is 1. The Hall–Kier alpha value is -1.66.